The number of para-hydroxylation sites is 1. The monoisotopic (exact) mass is 343 g/mol. The number of aryl methyl sites for hydroxylation is 1. The summed E-state index contributed by atoms with van der Waals surface area (Å²) in [7, 11) is 0. The zero-order chi connectivity index (χ0) is 16.9. The van der Waals surface area contributed by atoms with E-state index in [2.05, 4.69) is 20.8 Å². The van der Waals surface area contributed by atoms with Crippen LogP contribution in [0.4, 0.5) is 10.8 Å². The molecular formula is C15H13N5O3S. The molecule has 1 aromatic carbocycles. The van der Waals surface area contributed by atoms with Crippen molar-refractivity contribution in [2.75, 3.05) is 10.2 Å². The quantitative estimate of drug-likeness (QED) is 0.848. The number of rotatable bonds is 2. The van der Waals surface area contributed by atoms with Crippen molar-refractivity contribution >= 4 is 39.9 Å². The number of carbonyl (C=O) groups excluding carboxylic acids is 3. The van der Waals surface area contributed by atoms with E-state index in [1.807, 2.05) is 0 Å². The van der Waals surface area contributed by atoms with Gasteiger partial charge in [0.25, 0.3) is 11.8 Å². The van der Waals surface area contributed by atoms with Crippen molar-refractivity contribution in [2.45, 2.75) is 25.4 Å². The Labute approximate surface area is 140 Å². The fourth-order valence-corrected chi connectivity index (χ4v) is 3.70. The molecule has 2 aromatic rings. The lowest BCUT2D eigenvalue weighted by Crippen LogP contribution is -2.68. The van der Waals surface area contributed by atoms with E-state index in [1.165, 1.54) is 16.2 Å². The minimum Gasteiger partial charge on any atom is -0.321 e. The second-order valence-electron chi connectivity index (χ2n) is 5.64. The van der Waals surface area contributed by atoms with Gasteiger partial charge in [-0.1, -0.05) is 23.5 Å². The number of nitrogens with zero attached hydrogens (tertiary/aromatic N) is 3. The number of hydrogen-bond donors (Lipinski definition) is 2. The van der Waals surface area contributed by atoms with Gasteiger partial charge in [0.2, 0.25) is 16.7 Å². The molecule has 0 bridgehead atoms. The number of nitrogens with one attached hydrogen (secondary N) is 2. The first kappa shape index (κ1) is 14.8. The average Bonchev–Trinajstić information content (AvgIpc) is 3.12. The Morgan fingerprint density at radius 2 is 2.12 bits per heavy atom. The van der Waals surface area contributed by atoms with Crippen LogP contribution in [0.25, 0.3) is 0 Å². The molecule has 0 radical (unpaired) electrons. The smallest absolute Gasteiger partial charge is 0.273 e. The second-order valence-corrected chi connectivity index (χ2v) is 6.82. The zero-order valence-electron chi connectivity index (χ0n) is 12.7. The van der Waals surface area contributed by atoms with Crippen molar-refractivity contribution in [3.8, 4) is 0 Å². The average molecular weight is 343 g/mol. The Bertz CT molecular complexity index is 879. The summed E-state index contributed by atoms with van der Waals surface area (Å²) in [5, 5.41) is 14.1. The molecule has 1 saturated heterocycles. The van der Waals surface area contributed by atoms with E-state index >= 15 is 0 Å². The van der Waals surface area contributed by atoms with E-state index < -0.39 is 11.6 Å². The largest absolute Gasteiger partial charge is 0.321 e. The number of amides is 3. The predicted molar refractivity (Wildman–Crippen MR) is 86.6 cm³/mol. The number of hydrogen-bond acceptors (Lipinski definition) is 6. The molecule has 4 rings (SSSR count). The fraction of sp³-hybridized carbons (Fsp3) is 0.267. The first-order valence-electron chi connectivity index (χ1n) is 7.37. The molecule has 1 unspecified atom stereocenters. The van der Waals surface area contributed by atoms with E-state index in [1.54, 1.807) is 31.2 Å². The first-order valence-corrected chi connectivity index (χ1v) is 8.19. The summed E-state index contributed by atoms with van der Waals surface area (Å²) in [6.07, 6.45) is 0.382. The van der Waals surface area contributed by atoms with Crippen LogP contribution in [0.5, 0.6) is 0 Å². The highest BCUT2D eigenvalue weighted by Gasteiger charge is 2.56. The SMILES string of the molecule is Cc1nnc(NC(=O)C23CCC(=O)N2c2ccccc2C(=O)N3)s1. The lowest BCUT2D eigenvalue weighted by atomic mass is 9.99. The molecular weight excluding hydrogens is 330 g/mol. The van der Waals surface area contributed by atoms with Crippen LogP contribution >= 0.6 is 11.3 Å². The molecule has 2 aliphatic rings. The van der Waals surface area contributed by atoms with Gasteiger partial charge in [0.05, 0.1) is 11.3 Å². The van der Waals surface area contributed by atoms with Gasteiger partial charge >= 0.3 is 0 Å². The Hall–Kier alpha value is -2.81. The molecule has 9 heteroatoms. The van der Waals surface area contributed by atoms with Crippen molar-refractivity contribution in [3.05, 3.63) is 34.8 Å². The van der Waals surface area contributed by atoms with Gasteiger partial charge in [-0.3, -0.25) is 24.6 Å². The maximum Gasteiger partial charge on any atom is 0.273 e. The summed E-state index contributed by atoms with van der Waals surface area (Å²) in [5.41, 5.74) is -0.600. The van der Waals surface area contributed by atoms with E-state index in [-0.39, 0.29) is 24.7 Å². The van der Waals surface area contributed by atoms with Crippen molar-refractivity contribution in [3.63, 3.8) is 0 Å². The molecule has 8 nitrogen and oxygen atoms in total. The number of carbonyl (C=O) groups is 3. The molecule has 0 saturated carbocycles. The summed E-state index contributed by atoms with van der Waals surface area (Å²) in [6, 6.07) is 6.76. The van der Waals surface area contributed by atoms with Crippen molar-refractivity contribution in [1.29, 1.82) is 0 Å². The third-order valence-corrected chi connectivity index (χ3v) is 4.92. The molecule has 0 spiro atoms. The standard InChI is InChI=1S/C15H13N5O3S/c1-8-18-19-14(24-8)16-13(23)15-7-6-11(21)20(15)10-5-3-2-4-9(10)12(22)17-15/h2-5H,6-7H2,1H3,(H,17,22)(H,16,19,23). The Morgan fingerprint density at radius 3 is 2.88 bits per heavy atom. The Balaban J connectivity index is 1.77. The number of aromatic nitrogens is 2. The zero-order valence-corrected chi connectivity index (χ0v) is 13.5. The van der Waals surface area contributed by atoms with Gasteiger partial charge < -0.3 is 5.32 Å². The second kappa shape index (κ2) is 5.10. The maximum atomic E-state index is 12.9. The van der Waals surface area contributed by atoms with Crippen LogP contribution in [-0.2, 0) is 9.59 Å². The highest BCUT2D eigenvalue weighted by molar-refractivity contribution is 7.15. The third-order valence-electron chi connectivity index (χ3n) is 4.16. The van der Waals surface area contributed by atoms with Crippen molar-refractivity contribution in [1.82, 2.24) is 15.5 Å². The summed E-state index contributed by atoms with van der Waals surface area (Å²) >= 11 is 1.23. The molecule has 3 heterocycles. The van der Waals surface area contributed by atoms with E-state index in [0.717, 1.165) is 0 Å². The van der Waals surface area contributed by atoms with Gasteiger partial charge in [-0.05, 0) is 19.1 Å². The number of anilines is 2. The highest BCUT2D eigenvalue weighted by atomic mass is 32.1. The molecule has 1 aromatic heterocycles. The molecule has 1 atom stereocenters. The van der Waals surface area contributed by atoms with Crippen LogP contribution in [-0.4, -0.2) is 33.6 Å². The van der Waals surface area contributed by atoms with Crippen molar-refractivity contribution in [2.24, 2.45) is 0 Å². The lowest BCUT2D eigenvalue weighted by molar-refractivity contribution is -0.124. The third kappa shape index (κ3) is 2.01. The topological polar surface area (TPSA) is 104 Å². The van der Waals surface area contributed by atoms with Gasteiger partial charge in [-0.25, -0.2) is 0 Å². The maximum absolute atomic E-state index is 12.9. The summed E-state index contributed by atoms with van der Waals surface area (Å²) in [4.78, 5) is 39.1. The van der Waals surface area contributed by atoms with Gasteiger partial charge in [0, 0.05) is 12.8 Å². The van der Waals surface area contributed by atoms with Gasteiger partial charge in [0.1, 0.15) is 5.01 Å². The van der Waals surface area contributed by atoms with Crippen LogP contribution in [0.2, 0.25) is 0 Å². The normalized spacial score (nSPS) is 22.0. The van der Waals surface area contributed by atoms with Crippen LogP contribution in [0, 0.1) is 6.92 Å². The summed E-state index contributed by atoms with van der Waals surface area (Å²) in [6.45, 7) is 1.77. The molecule has 3 amide bonds. The van der Waals surface area contributed by atoms with E-state index in [0.29, 0.717) is 21.4 Å². The number of benzene rings is 1. The fourth-order valence-electron chi connectivity index (χ4n) is 3.12. The Morgan fingerprint density at radius 1 is 1.33 bits per heavy atom. The molecule has 2 aliphatic heterocycles. The van der Waals surface area contributed by atoms with Gasteiger partial charge in [0.15, 0.2) is 0 Å². The van der Waals surface area contributed by atoms with Crippen LogP contribution in [0.1, 0.15) is 28.2 Å². The minimum absolute atomic E-state index is 0.178. The molecule has 122 valence electrons. The lowest BCUT2D eigenvalue weighted by Gasteiger charge is -2.41. The summed E-state index contributed by atoms with van der Waals surface area (Å²) in [5.74, 6) is -1.07. The summed E-state index contributed by atoms with van der Waals surface area (Å²) < 4.78 is 0. The predicted octanol–water partition coefficient (Wildman–Crippen LogP) is 1.05. The molecule has 1 fully saturated rings. The van der Waals surface area contributed by atoms with Gasteiger partial charge in [-0.2, -0.15) is 0 Å². The van der Waals surface area contributed by atoms with Crippen molar-refractivity contribution < 1.29 is 14.4 Å². The highest BCUT2D eigenvalue weighted by Crippen LogP contribution is 2.39. The van der Waals surface area contributed by atoms with E-state index in [9.17, 15) is 14.4 Å². The van der Waals surface area contributed by atoms with Crippen LogP contribution < -0.4 is 15.5 Å². The van der Waals surface area contributed by atoms with Crippen LogP contribution in [0.3, 0.4) is 0 Å². The Kier molecular flexibility index (Phi) is 3.14. The first-order chi connectivity index (χ1) is 11.5. The van der Waals surface area contributed by atoms with Crippen LogP contribution in [0.15, 0.2) is 24.3 Å². The van der Waals surface area contributed by atoms with Gasteiger partial charge in [-0.15, -0.1) is 10.2 Å². The molecule has 0 aliphatic carbocycles. The minimum atomic E-state index is -1.43. The molecule has 2 N–H and O–H groups in total. The number of fused-ring (bicyclic) bond motifs is 3. The van der Waals surface area contributed by atoms with E-state index in [4.69, 9.17) is 0 Å². The molecule has 24 heavy (non-hydrogen) atoms.